The topological polar surface area (TPSA) is 0 Å². The molecule has 0 heterocycles. The van der Waals surface area contributed by atoms with Crippen LogP contribution in [0, 0.1) is 0 Å². The molecule has 0 fully saturated rings. The quantitative estimate of drug-likeness (QED) is 0.633. The van der Waals surface area contributed by atoms with Gasteiger partial charge in [0.25, 0.3) is 0 Å². The standard InChI is InChI=1S/C2H2Br2Cl2/c3-1(5)2(4)6/h1-2H/t1-,2-/m1/s1. The molecule has 0 bridgehead atoms. The second-order valence-corrected chi connectivity index (χ2v) is 4.64. The highest BCUT2D eigenvalue weighted by atomic mass is 79.9. The van der Waals surface area contributed by atoms with Crippen LogP contribution in [0.4, 0.5) is 0 Å². The molecule has 0 saturated carbocycles. The summed E-state index contributed by atoms with van der Waals surface area (Å²) in [7, 11) is 0. The van der Waals surface area contributed by atoms with E-state index in [0.29, 0.717) is 0 Å². The fraction of sp³-hybridized carbons (Fsp3) is 1.00. The Labute approximate surface area is 63.4 Å². The van der Waals surface area contributed by atoms with Gasteiger partial charge in [0, 0.05) is 0 Å². The third-order valence-electron chi connectivity index (χ3n) is 0.190. The van der Waals surface area contributed by atoms with Gasteiger partial charge in [0.2, 0.25) is 0 Å². The first-order valence-corrected chi connectivity index (χ1v) is 3.91. The van der Waals surface area contributed by atoms with Crippen molar-refractivity contribution in [1.82, 2.24) is 0 Å². The number of halogens is 4. The molecule has 38 valence electrons. The van der Waals surface area contributed by atoms with Crippen molar-refractivity contribution in [2.75, 3.05) is 0 Å². The zero-order valence-corrected chi connectivity index (χ0v) is 7.35. The average molecular weight is 257 g/mol. The van der Waals surface area contributed by atoms with E-state index < -0.39 is 0 Å². The maximum absolute atomic E-state index is 5.35. The molecule has 0 saturated heterocycles. The predicted molar refractivity (Wildman–Crippen MR) is 37.1 cm³/mol. The van der Waals surface area contributed by atoms with Crippen molar-refractivity contribution >= 4 is 55.1 Å². The first-order chi connectivity index (χ1) is 2.64. The van der Waals surface area contributed by atoms with Crippen LogP contribution in [0.3, 0.4) is 0 Å². The summed E-state index contributed by atoms with van der Waals surface area (Å²) in [6.45, 7) is 0. The number of alkyl halides is 4. The smallest absolute Gasteiger partial charge is 0.108 e. The van der Waals surface area contributed by atoms with E-state index in [-0.39, 0.29) is 8.57 Å². The molecular weight excluding hydrogens is 255 g/mol. The number of hydrogen-bond donors (Lipinski definition) is 0. The summed E-state index contributed by atoms with van der Waals surface area (Å²) in [5.74, 6) is 0. The molecule has 0 aromatic heterocycles. The van der Waals surface area contributed by atoms with Crippen molar-refractivity contribution in [1.29, 1.82) is 0 Å². The van der Waals surface area contributed by atoms with Gasteiger partial charge in [-0.25, -0.2) is 0 Å². The Bertz CT molecular complexity index is 30.5. The van der Waals surface area contributed by atoms with E-state index in [4.69, 9.17) is 23.2 Å². The third kappa shape index (κ3) is 3.72. The molecule has 0 rings (SSSR count). The van der Waals surface area contributed by atoms with Crippen molar-refractivity contribution in [3.05, 3.63) is 0 Å². The Morgan fingerprint density at radius 2 is 1.17 bits per heavy atom. The lowest BCUT2D eigenvalue weighted by Gasteiger charge is -1.96. The van der Waals surface area contributed by atoms with Crippen LogP contribution in [0.5, 0.6) is 0 Å². The van der Waals surface area contributed by atoms with E-state index >= 15 is 0 Å². The Kier molecular flexibility index (Phi) is 4.44. The SMILES string of the molecule is Cl[C@@H](Br)[C@@H](Cl)Br. The zero-order valence-electron chi connectivity index (χ0n) is 2.67. The summed E-state index contributed by atoms with van der Waals surface area (Å²) >= 11 is 16.8. The second kappa shape index (κ2) is 3.53. The lowest BCUT2D eigenvalue weighted by Crippen LogP contribution is -1.94. The summed E-state index contributed by atoms with van der Waals surface area (Å²) in [5.41, 5.74) is 0. The van der Waals surface area contributed by atoms with Gasteiger partial charge in [-0.15, -0.1) is 23.2 Å². The van der Waals surface area contributed by atoms with Crippen molar-refractivity contribution in [2.24, 2.45) is 0 Å². The van der Waals surface area contributed by atoms with Crippen LogP contribution in [0.15, 0.2) is 0 Å². The molecule has 0 N–H and O–H groups in total. The zero-order chi connectivity index (χ0) is 5.15. The maximum Gasteiger partial charge on any atom is 0.115 e. The highest BCUT2D eigenvalue weighted by molar-refractivity contribution is 9.13. The summed E-state index contributed by atoms with van der Waals surface area (Å²) < 4.78 is -0.363. The van der Waals surface area contributed by atoms with E-state index in [1.54, 1.807) is 0 Å². The molecule has 0 spiro atoms. The van der Waals surface area contributed by atoms with E-state index in [1.807, 2.05) is 0 Å². The lowest BCUT2D eigenvalue weighted by molar-refractivity contribution is 1.38. The molecule has 0 radical (unpaired) electrons. The minimum Gasteiger partial charge on any atom is -0.108 e. The molecule has 0 unspecified atom stereocenters. The molecule has 0 aliphatic heterocycles. The fourth-order valence-corrected chi connectivity index (χ4v) is 0. The molecule has 2 atom stereocenters. The molecule has 4 heteroatoms. The van der Waals surface area contributed by atoms with Crippen molar-refractivity contribution in [2.45, 2.75) is 8.57 Å². The second-order valence-electron chi connectivity index (χ2n) is 0.669. The largest absolute Gasteiger partial charge is 0.115 e. The molecule has 0 aliphatic rings. The maximum atomic E-state index is 5.35. The Hall–Kier alpha value is 1.54. The number of hydrogen-bond acceptors (Lipinski definition) is 0. The van der Waals surface area contributed by atoms with Gasteiger partial charge < -0.3 is 0 Å². The highest BCUT2D eigenvalue weighted by Gasteiger charge is 2.05. The monoisotopic (exact) mass is 254 g/mol. The van der Waals surface area contributed by atoms with Gasteiger partial charge in [-0.3, -0.25) is 0 Å². The number of rotatable bonds is 1. The minimum absolute atomic E-state index is 0.181. The average Bonchev–Trinajstić information content (AvgIpc) is 1.36. The summed E-state index contributed by atoms with van der Waals surface area (Å²) in [6, 6.07) is 0. The van der Waals surface area contributed by atoms with Gasteiger partial charge in [-0.2, -0.15) is 0 Å². The Balaban J connectivity index is 2.99. The van der Waals surface area contributed by atoms with E-state index in [9.17, 15) is 0 Å². The van der Waals surface area contributed by atoms with Gasteiger partial charge in [0.15, 0.2) is 0 Å². The Morgan fingerprint density at radius 1 is 1.00 bits per heavy atom. The molecule has 0 amide bonds. The lowest BCUT2D eigenvalue weighted by atomic mass is 11.0. The summed E-state index contributed by atoms with van der Waals surface area (Å²) in [4.78, 5) is 0. The van der Waals surface area contributed by atoms with E-state index in [2.05, 4.69) is 31.9 Å². The van der Waals surface area contributed by atoms with Gasteiger partial charge in [-0.05, 0) is 0 Å². The van der Waals surface area contributed by atoms with Crippen LogP contribution in [-0.2, 0) is 0 Å². The van der Waals surface area contributed by atoms with Crippen LogP contribution in [-0.4, -0.2) is 8.57 Å². The fourth-order valence-electron chi connectivity index (χ4n) is 0. The summed E-state index contributed by atoms with van der Waals surface area (Å²) in [6.07, 6.45) is 0. The van der Waals surface area contributed by atoms with E-state index in [0.717, 1.165) is 0 Å². The van der Waals surface area contributed by atoms with Crippen LogP contribution in [0.25, 0.3) is 0 Å². The third-order valence-corrected chi connectivity index (χ3v) is 3.20. The first-order valence-electron chi connectivity index (χ1n) is 1.21. The molecule has 0 aliphatic carbocycles. The highest BCUT2D eigenvalue weighted by Crippen LogP contribution is 2.20. The van der Waals surface area contributed by atoms with Crippen LogP contribution in [0.2, 0.25) is 0 Å². The normalized spacial score (nSPS) is 20.0. The molecule has 0 aromatic rings. The molecule has 6 heavy (non-hydrogen) atoms. The van der Waals surface area contributed by atoms with Crippen molar-refractivity contribution in [3.63, 3.8) is 0 Å². The van der Waals surface area contributed by atoms with Crippen molar-refractivity contribution in [3.8, 4) is 0 Å². The van der Waals surface area contributed by atoms with Gasteiger partial charge in [0.1, 0.15) is 8.57 Å². The molecule has 0 nitrogen and oxygen atoms in total. The van der Waals surface area contributed by atoms with Gasteiger partial charge >= 0.3 is 0 Å². The van der Waals surface area contributed by atoms with Crippen LogP contribution < -0.4 is 0 Å². The Morgan fingerprint density at radius 3 is 1.17 bits per heavy atom. The van der Waals surface area contributed by atoms with Crippen LogP contribution >= 0.6 is 55.1 Å². The van der Waals surface area contributed by atoms with Gasteiger partial charge in [0.05, 0.1) is 0 Å². The van der Waals surface area contributed by atoms with E-state index in [1.165, 1.54) is 0 Å². The predicted octanol–water partition coefficient (Wildman–Crippen LogP) is 2.91. The molecular formula is C2H2Br2Cl2. The molecule has 0 aromatic carbocycles. The summed E-state index contributed by atoms with van der Waals surface area (Å²) in [5, 5.41) is 0. The minimum atomic E-state index is -0.181. The van der Waals surface area contributed by atoms with Crippen molar-refractivity contribution < 1.29 is 0 Å². The van der Waals surface area contributed by atoms with Gasteiger partial charge in [-0.1, -0.05) is 31.9 Å². The van der Waals surface area contributed by atoms with Crippen LogP contribution in [0.1, 0.15) is 0 Å². The first kappa shape index (κ1) is 7.54.